The van der Waals surface area contributed by atoms with Gasteiger partial charge in [-0.05, 0) is 54.0 Å². The molecular weight excluding hydrogens is 365 g/mol. The maximum absolute atomic E-state index is 7.52. The fourth-order valence-corrected chi connectivity index (χ4v) is 2.97. The van der Waals surface area contributed by atoms with Crippen molar-refractivity contribution in [1.29, 1.82) is 0 Å². The highest BCUT2D eigenvalue weighted by molar-refractivity contribution is 14.1. The highest BCUT2D eigenvalue weighted by Gasteiger charge is 2.26. The summed E-state index contributed by atoms with van der Waals surface area (Å²) >= 11 is 2.25. The number of aryl methyl sites for hydroxylation is 2. The number of nitrogens with zero attached hydrogens (tertiary/aromatic N) is 3. The molecule has 0 spiro atoms. The zero-order chi connectivity index (χ0) is 14.3. The topological polar surface area (TPSA) is 31.4 Å². The quantitative estimate of drug-likeness (QED) is 0.594. The molecule has 4 nitrogen and oxygen atoms in total. The number of aromatic nitrogens is 2. The molecule has 1 aliphatic carbocycles. The molecule has 102 valence electrons. The van der Waals surface area contributed by atoms with Gasteiger partial charge < -0.3 is 4.74 Å². The van der Waals surface area contributed by atoms with Crippen LogP contribution in [0.3, 0.4) is 0 Å². The lowest BCUT2D eigenvalue weighted by molar-refractivity contribution is 0.305. The van der Waals surface area contributed by atoms with E-state index in [1.54, 1.807) is 0 Å². The number of rotatable bonds is 3. The number of hydrogen-bond acceptors (Lipinski definition) is 2. The van der Waals surface area contributed by atoms with Crippen LogP contribution in [0.4, 0.5) is 5.69 Å². The van der Waals surface area contributed by atoms with Gasteiger partial charge in [0, 0.05) is 12.6 Å². The van der Waals surface area contributed by atoms with Gasteiger partial charge in [0.05, 0.1) is 28.1 Å². The van der Waals surface area contributed by atoms with Crippen LogP contribution < -0.4 is 4.74 Å². The standard InChI is InChI=1S/C15H14IN3O/c1-9-6-11(15-12(16)8-18-19(15)3)14(17-2)13(7-9)20-10-4-5-10/h6-8,10H,4-5H2,1,3H3. The Morgan fingerprint density at radius 3 is 2.75 bits per heavy atom. The van der Waals surface area contributed by atoms with Crippen LogP contribution in [0.15, 0.2) is 18.3 Å². The molecular formula is C15H14IN3O. The van der Waals surface area contributed by atoms with Crippen molar-refractivity contribution in [2.24, 2.45) is 7.05 Å². The predicted molar refractivity (Wildman–Crippen MR) is 86.0 cm³/mol. The molecule has 3 rings (SSSR count). The molecule has 0 unspecified atom stereocenters. The van der Waals surface area contributed by atoms with Gasteiger partial charge in [-0.3, -0.25) is 4.68 Å². The zero-order valence-corrected chi connectivity index (χ0v) is 13.5. The molecule has 1 saturated carbocycles. The number of hydrogen-bond donors (Lipinski definition) is 0. The smallest absolute Gasteiger partial charge is 0.237 e. The van der Waals surface area contributed by atoms with E-state index in [0.717, 1.165) is 33.2 Å². The van der Waals surface area contributed by atoms with Crippen LogP contribution in [0, 0.1) is 17.1 Å². The summed E-state index contributed by atoms with van der Waals surface area (Å²) in [4.78, 5) is 3.71. The zero-order valence-electron chi connectivity index (χ0n) is 11.4. The molecule has 1 heterocycles. The van der Waals surface area contributed by atoms with Crippen molar-refractivity contribution >= 4 is 28.3 Å². The SMILES string of the molecule is [C-]#[N+]c1c(OC2CC2)cc(C)cc1-c1c(I)cnn1C. The van der Waals surface area contributed by atoms with Crippen LogP contribution in [0.25, 0.3) is 16.1 Å². The first-order valence-corrected chi connectivity index (χ1v) is 7.54. The maximum atomic E-state index is 7.52. The van der Waals surface area contributed by atoms with Crippen molar-refractivity contribution in [3.05, 3.63) is 38.9 Å². The number of benzene rings is 1. The summed E-state index contributed by atoms with van der Waals surface area (Å²) in [7, 11) is 1.90. The van der Waals surface area contributed by atoms with Crippen molar-refractivity contribution in [3.8, 4) is 17.0 Å². The fourth-order valence-electron chi connectivity index (χ4n) is 2.21. The maximum Gasteiger partial charge on any atom is 0.237 e. The van der Waals surface area contributed by atoms with Crippen LogP contribution in [-0.2, 0) is 7.05 Å². The van der Waals surface area contributed by atoms with Gasteiger partial charge in [0.25, 0.3) is 0 Å². The third kappa shape index (κ3) is 2.40. The molecule has 1 aromatic heterocycles. The molecule has 1 aromatic carbocycles. The van der Waals surface area contributed by atoms with Crippen LogP contribution in [0.1, 0.15) is 18.4 Å². The molecule has 20 heavy (non-hydrogen) atoms. The molecule has 0 atom stereocenters. The first-order valence-electron chi connectivity index (χ1n) is 6.46. The second-order valence-electron chi connectivity index (χ2n) is 5.05. The molecule has 1 fully saturated rings. The Balaban J connectivity index is 2.19. The summed E-state index contributed by atoms with van der Waals surface area (Å²) in [5.41, 5.74) is 3.56. The first kappa shape index (κ1) is 13.4. The van der Waals surface area contributed by atoms with E-state index in [0.29, 0.717) is 11.4 Å². The van der Waals surface area contributed by atoms with E-state index in [-0.39, 0.29) is 6.10 Å². The van der Waals surface area contributed by atoms with E-state index in [1.807, 2.05) is 37.0 Å². The Labute approximate surface area is 131 Å². The lowest BCUT2D eigenvalue weighted by Gasteiger charge is -2.13. The van der Waals surface area contributed by atoms with Gasteiger partial charge in [-0.15, -0.1) is 0 Å². The second-order valence-corrected chi connectivity index (χ2v) is 6.22. The Kier molecular flexibility index (Phi) is 3.42. The summed E-state index contributed by atoms with van der Waals surface area (Å²) in [5, 5.41) is 4.27. The largest absolute Gasteiger partial charge is 0.501 e. The first-order chi connectivity index (χ1) is 9.60. The van der Waals surface area contributed by atoms with Crippen molar-refractivity contribution < 1.29 is 4.74 Å². The second kappa shape index (κ2) is 5.09. The number of ether oxygens (including phenoxy) is 1. The van der Waals surface area contributed by atoms with E-state index in [4.69, 9.17) is 11.3 Å². The lowest BCUT2D eigenvalue weighted by Crippen LogP contribution is -1.99. The van der Waals surface area contributed by atoms with Crippen molar-refractivity contribution in [1.82, 2.24) is 9.78 Å². The Bertz CT molecular complexity index is 691. The molecule has 1 aliphatic rings. The molecule has 2 aromatic rings. The van der Waals surface area contributed by atoms with Crippen LogP contribution in [0.5, 0.6) is 5.75 Å². The van der Waals surface area contributed by atoms with E-state index in [1.165, 1.54) is 0 Å². The highest BCUT2D eigenvalue weighted by Crippen LogP contribution is 2.43. The summed E-state index contributed by atoms with van der Waals surface area (Å²) in [6.07, 6.45) is 4.28. The minimum absolute atomic E-state index is 0.288. The van der Waals surface area contributed by atoms with Gasteiger partial charge in [0.15, 0.2) is 0 Å². The normalized spacial score (nSPS) is 14.1. The molecule has 0 saturated heterocycles. The molecule has 0 amide bonds. The molecule has 0 aliphatic heterocycles. The van der Waals surface area contributed by atoms with Crippen LogP contribution >= 0.6 is 22.6 Å². The average Bonchev–Trinajstić information content (AvgIpc) is 3.14. The van der Waals surface area contributed by atoms with E-state index >= 15 is 0 Å². The average molecular weight is 379 g/mol. The lowest BCUT2D eigenvalue weighted by atomic mass is 10.1. The summed E-state index contributed by atoms with van der Waals surface area (Å²) in [5.74, 6) is 0.703. The van der Waals surface area contributed by atoms with Gasteiger partial charge in [-0.2, -0.15) is 5.10 Å². The molecule has 0 N–H and O–H groups in total. The fraction of sp³-hybridized carbons (Fsp3) is 0.333. The van der Waals surface area contributed by atoms with Crippen LogP contribution in [0.2, 0.25) is 0 Å². The molecule has 0 radical (unpaired) electrons. The third-order valence-corrected chi connectivity index (χ3v) is 4.09. The Morgan fingerprint density at radius 1 is 1.45 bits per heavy atom. The molecule has 0 bridgehead atoms. The highest BCUT2D eigenvalue weighted by atomic mass is 127. The van der Waals surface area contributed by atoms with Gasteiger partial charge in [-0.25, -0.2) is 4.85 Å². The van der Waals surface area contributed by atoms with E-state index < -0.39 is 0 Å². The minimum Gasteiger partial charge on any atom is -0.501 e. The Hall–Kier alpha value is -1.55. The van der Waals surface area contributed by atoms with E-state index in [2.05, 4.69) is 32.5 Å². The monoisotopic (exact) mass is 379 g/mol. The van der Waals surface area contributed by atoms with Gasteiger partial charge >= 0.3 is 0 Å². The number of halogens is 1. The van der Waals surface area contributed by atoms with Crippen molar-refractivity contribution in [2.75, 3.05) is 0 Å². The van der Waals surface area contributed by atoms with E-state index in [9.17, 15) is 0 Å². The van der Waals surface area contributed by atoms with Crippen LogP contribution in [-0.4, -0.2) is 15.9 Å². The van der Waals surface area contributed by atoms with Gasteiger partial charge in [0.2, 0.25) is 5.69 Å². The van der Waals surface area contributed by atoms with Crippen molar-refractivity contribution in [3.63, 3.8) is 0 Å². The van der Waals surface area contributed by atoms with Gasteiger partial charge in [-0.1, -0.05) is 6.07 Å². The van der Waals surface area contributed by atoms with Gasteiger partial charge in [0.1, 0.15) is 5.75 Å². The molecule has 5 heteroatoms. The Morgan fingerprint density at radius 2 is 2.20 bits per heavy atom. The minimum atomic E-state index is 0.288. The summed E-state index contributed by atoms with van der Waals surface area (Å²) in [6.45, 7) is 9.54. The summed E-state index contributed by atoms with van der Waals surface area (Å²) < 4.78 is 8.75. The van der Waals surface area contributed by atoms with Crippen molar-refractivity contribution in [2.45, 2.75) is 25.9 Å². The summed E-state index contributed by atoms with van der Waals surface area (Å²) in [6, 6.07) is 3.99. The third-order valence-electron chi connectivity index (χ3n) is 3.30. The predicted octanol–water partition coefficient (Wildman–Crippen LogP) is 4.09.